The number of hydrogen-bond donors (Lipinski definition) is 0. The van der Waals surface area contributed by atoms with Gasteiger partial charge in [0, 0.05) is 5.92 Å². The fourth-order valence-corrected chi connectivity index (χ4v) is 3.55. The Balaban J connectivity index is 2.07. The standard InChI is InChI=1S/C20H22N2OS/c1-13(2)15-9-11-16(12-10-15)22(19(23)14(3)4)20-21-17-7-5-6-8-18(17)24-20/h5-14H,1-4H3. The largest absolute Gasteiger partial charge is 0.274 e. The van der Waals surface area contributed by atoms with E-state index in [0.29, 0.717) is 5.92 Å². The molecule has 3 aromatic rings. The number of para-hydroxylation sites is 1. The number of carbonyl (C=O) groups excluding carboxylic acids is 1. The minimum Gasteiger partial charge on any atom is -0.274 e. The van der Waals surface area contributed by atoms with Crippen molar-refractivity contribution in [3.05, 3.63) is 54.1 Å². The van der Waals surface area contributed by atoms with Crippen LogP contribution in [0, 0.1) is 5.92 Å². The topological polar surface area (TPSA) is 33.2 Å². The molecule has 0 fully saturated rings. The molecule has 1 amide bonds. The van der Waals surface area contributed by atoms with Crippen molar-refractivity contribution in [2.24, 2.45) is 5.92 Å². The Labute approximate surface area is 147 Å². The van der Waals surface area contributed by atoms with Crippen molar-refractivity contribution in [2.75, 3.05) is 4.90 Å². The minimum atomic E-state index is -0.0956. The molecule has 0 aliphatic carbocycles. The average molecular weight is 338 g/mol. The molecule has 124 valence electrons. The summed E-state index contributed by atoms with van der Waals surface area (Å²) in [5.74, 6) is 0.434. The second-order valence-corrected chi connectivity index (χ2v) is 7.55. The normalized spacial score (nSPS) is 11.4. The first-order valence-corrected chi connectivity index (χ1v) is 9.08. The molecular formula is C20H22N2OS. The summed E-state index contributed by atoms with van der Waals surface area (Å²) in [6.07, 6.45) is 0. The molecule has 0 saturated heterocycles. The lowest BCUT2D eigenvalue weighted by molar-refractivity contribution is -0.120. The smallest absolute Gasteiger partial charge is 0.235 e. The Morgan fingerprint density at radius 1 is 1.00 bits per heavy atom. The molecule has 1 heterocycles. The first-order valence-electron chi connectivity index (χ1n) is 8.27. The van der Waals surface area contributed by atoms with E-state index in [2.05, 4.69) is 31.0 Å². The average Bonchev–Trinajstić information content (AvgIpc) is 2.98. The van der Waals surface area contributed by atoms with Crippen LogP contribution in [0.25, 0.3) is 10.2 Å². The van der Waals surface area contributed by atoms with Crippen LogP contribution >= 0.6 is 11.3 Å². The summed E-state index contributed by atoms with van der Waals surface area (Å²) in [6, 6.07) is 16.2. The summed E-state index contributed by atoms with van der Waals surface area (Å²) in [4.78, 5) is 19.3. The first-order chi connectivity index (χ1) is 11.5. The van der Waals surface area contributed by atoms with Gasteiger partial charge in [-0.25, -0.2) is 4.98 Å². The minimum absolute atomic E-state index is 0.0614. The van der Waals surface area contributed by atoms with E-state index in [-0.39, 0.29) is 11.8 Å². The zero-order chi connectivity index (χ0) is 17.3. The number of nitrogens with zero attached hydrogens (tertiary/aromatic N) is 2. The number of amides is 1. The van der Waals surface area contributed by atoms with E-state index in [9.17, 15) is 4.79 Å². The van der Waals surface area contributed by atoms with Crippen LogP contribution < -0.4 is 4.90 Å². The van der Waals surface area contributed by atoms with Crippen LogP contribution in [0.1, 0.15) is 39.2 Å². The van der Waals surface area contributed by atoms with Gasteiger partial charge in [0.05, 0.1) is 15.9 Å². The van der Waals surface area contributed by atoms with E-state index in [1.165, 1.54) is 5.56 Å². The maximum Gasteiger partial charge on any atom is 0.235 e. The summed E-state index contributed by atoms with van der Waals surface area (Å²) >= 11 is 1.55. The van der Waals surface area contributed by atoms with Crippen LogP contribution in [0.2, 0.25) is 0 Å². The van der Waals surface area contributed by atoms with E-state index in [4.69, 9.17) is 0 Å². The van der Waals surface area contributed by atoms with Gasteiger partial charge in [-0.15, -0.1) is 0 Å². The molecule has 0 aliphatic heterocycles. The van der Waals surface area contributed by atoms with Crippen molar-refractivity contribution in [1.29, 1.82) is 0 Å². The lowest BCUT2D eigenvalue weighted by Gasteiger charge is -2.22. The van der Waals surface area contributed by atoms with Gasteiger partial charge in [-0.05, 0) is 35.7 Å². The van der Waals surface area contributed by atoms with Gasteiger partial charge in [0.15, 0.2) is 5.13 Å². The third kappa shape index (κ3) is 3.20. The highest BCUT2D eigenvalue weighted by molar-refractivity contribution is 7.22. The summed E-state index contributed by atoms with van der Waals surface area (Å²) in [6.45, 7) is 8.18. The molecule has 0 atom stereocenters. The molecular weight excluding hydrogens is 316 g/mol. The van der Waals surface area contributed by atoms with E-state index >= 15 is 0 Å². The Bertz CT molecular complexity index is 816. The lowest BCUT2D eigenvalue weighted by atomic mass is 10.0. The summed E-state index contributed by atoms with van der Waals surface area (Å²) < 4.78 is 1.09. The third-order valence-corrected chi connectivity index (χ3v) is 5.03. The number of aromatic nitrogens is 1. The second-order valence-electron chi connectivity index (χ2n) is 6.54. The van der Waals surface area contributed by atoms with Crippen molar-refractivity contribution < 1.29 is 4.79 Å². The van der Waals surface area contributed by atoms with E-state index in [1.54, 1.807) is 16.2 Å². The van der Waals surface area contributed by atoms with Gasteiger partial charge in [0.2, 0.25) is 5.91 Å². The Hall–Kier alpha value is -2.20. The first kappa shape index (κ1) is 16.7. The number of anilines is 2. The molecule has 0 aliphatic rings. The van der Waals surface area contributed by atoms with Crippen LogP contribution in [0.15, 0.2) is 48.5 Å². The maximum atomic E-state index is 12.8. The zero-order valence-corrected chi connectivity index (χ0v) is 15.3. The Kier molecular flexibility index (Phi) is 4.67. The van der Waals surface area contributed by atoms with Gasteiger partial charge in [-0.2, -0.15) is 0 Å². The second kappa shape index (κ2) is 6.73. The zero-order valence-electron chi connectivity index (χ0n) is 14.5. The van der Waals surface area contributed by atoms with Gasteiger partial charge in [0.25, 0.3) is 0 Å². The molecule has 3 nitrogen and oxygen atoms in total. The van der Waals surface area contributed by atoms with Crippen LogP contribution in [-0.2, 0) is 4.79 Å². The van der Waals surface area contributed by atoms with Crippen molar-refractivity contribution in [3.8, 4) is 0 Å². The van der Waals surface area contributed by atoms with E-state index in [0.717, 1.165) is 21.0 Å². The van der Waals surface area contributed by atoms with Gasteiger partial charge in [0.1, 0.15) is 0 Å². The monoisotopic (exact) mass is 338 g/mol. The SMILES string of the molecule is CC(C)C(=O)N(c1ccc(C(C)C)cc1)c1nc2ccccc2s1. The Morgan fingerprint density at radius 2 is 1.67 bits per heavy atom. The van der Waals surface area contributed by atoms with Gasteiger partial charge in [-0.3, -0.25) is 9.69 Å². The quantitative estimate of drug-likeness (QED) is 0.607. The number of hydrogen-bond acceptors (Lipinski definition) is 3. The fourth-order valence-electron chi connectivity index (χ4n) is 2.55. The number of fused-ring (bicyclic) bond motifs is 1. The third-order valence-electron chi connectivity index (χ3n) is 4.01. The van der Waals surface area contributed by atoms with E-state index < -0.39 is 0 Å². The number of carbonyl (C=O) groups is 1. The van der Waals surface area contributed by atoms with Crippen molar-refractivity contribution >= 4 is 38.3 Å². The number of rotatable bonds is 4. The van der Waals surface area contributed by atoms with Gasteiger partial charge in [-0.1, -0.05) is 63.3 Å². The summed E-state index contributed by atoms with van der Waals surface area (Å²) in [7, 11) is 0. The Morgan fingerprint density at radius 3 is 2.25 bits per heavy atom. The number of benzene rings is 2. The molecule has 0 radical (unpaired) electrons. The van der Waals surface area contributed by atoms with Crippen LogP contribution in [0.3, 0.4) is 0 Å². The molecule has 1 aromatic heterocycles. The molecule has 24 heavy (non-hydrogen) atoms. The van der Waals surface area contributed by atoms with Gasteiger partial charge < -0.3 is 0 Å². The predicted molar refractivity (Wildman–Crippen MR) is 102 cm³/mol. The van der Waals surface area contributed by atoms with Crippen molar-refractivity contribution in [2.45, 2.75) is 33.6 Å². The highest BCUT2D eigenvalue weighted by atomic mass is 32.1. The lowest BCUT2D eigenvalue weighted by Crippen LogP contribution is -2.29. The molecule has 3 rings (SSSR count). The van der Waals surface area contributed by atoms with Crippen LogP contribution in [0.5, 0.6) is 0 Å². The highest BCUT2D eigenvalue weighted by Crippen LogP contribution is 2.35. The number of thiazole rings is 1. The van der Waals surface area contributed by atoms with Crippen LogP contribution in [0.4, 0.5) is 10.8 Å². The molecule has 0 saturated carbocycles. The van der Waals surface area contributed by atoms with E-state index in [1.807, 2.05) is 50.2 Å². The van der Waals surface area contributed by atoms with Crippen molar-refractivity contribution in [1.82, 2.24) is 4.98 Å². The molecule has 0 N–H and O–H groups in total. The predicted octanol–water partition coefficient (Wildman–Crippen LogP) is 5.74. The summed E-state index contributed by atoms with van der Waals surface area (Å²) in [5, 5.41) is 0.729. The van der Waals surface area contributed by atoms with Crippen LogP contribution in [-0.4, -0.2) is 10.9 Å². The molecule has 2 aromatic carbocycles. The molecule has 4 heteroatoms. The molecule has 0 spiro atoms. The molecule has 0 unspecified atom stereocenters. The van der Waals surface area contributed by atoms with Crippen molar-refractivity contribution in [3.63, 3.8) is 0 Å². The summed E-state index contributed by atoms with van der Waals surface area (Å²) in [5.41, 5.74) is 3.06. The fraction of sp³-hybridized carbons (Fsp3) is 0.300. The molecule has 0 bridgehead atoms. The maximum absolute atomic E-state index is 12.8. The van der Waals surface area contributed by atoms with Gasteiger partial charge >= 0.3 is 0 Å². The highest BCUT2D eigenvalue weighted by Gasteiger charge is 2.24.